The van der Waals surface area contributed by atoms with Gasteiger partial charge in [0.1, 0.15) is 0 Å². The maximum atomic E-state index is 11.8. The number of hydrogen-bond acceptors (Lipinski definition) is 5. The van der Waals surface area contributed by atoms with Gasteiger partial charge in [-0.3, -0.25) is 4.79 Å². The van der Waals surface area contributed by atoms with E-state index in [2.05, 4.69) is 25.9 Å². The number of nitrogens with one attached hydrogen (secondary N) is 1. The number of nitrogens with zero attached hydrogens (tertiary/aromatic N) is 3. The van der Waals surface area contributed by atoms with Gasteiger partial charge < -0.3 is 10.2 Å². The summed E-state index contributed by atoms with van der Waals surface area (Å²) in [5.74, 6) is -0.0901. The summed E-state index contributed by atoms with van der Waals surface area (Å²) >= 11 is 1.07. The Labute approximate surface area is 106 Å². The SMILES string of the molecule is CCCN1CCC(NC(=O)c2cnsn2)CC1. The van der Waals surface area contributed by atoms with E-state index in [0.29, 0.717) is 5.69 Å². The Balaban J connectivity index is 1.76. The Morgan fingerprint density at radius 2 is 2.35 bits per heavy atom. The van der Waals surface area contributed by atoms with Gasteiger partial charge in [-0.05, 0) is 25.8 Å². The van der Waals surface area contributed by atoms with Crippen molar-refractivity contribution in [3.05, 3.63) is 11.9 Å². The average Bonchev–Trinajstić information content (AvgIpc) is 2.86. The molecule has 0 aliphatic carbocycles. The molecule has 0 saturated carbocycles. The summed E-state index contributed by atoms with van der Waals surface area (Å²) < 4.78 is 7.77. The molecular formula is C11H18N4OS. The summed E-state index contributed by atoms with van der Waals surface area (Å²) in [4.78, 5) is 14.2. The van der Waals surface area contributed by atoms with Gasteiger partial charge in [0, 0.05) is 19.1 Å². The maximum Gasteiger partial charge on any atom is 0.272 e. The molecule has 1 aliphatic heterocycles. The molecule has 5 nitrogen and oxygen atoms in total. The number of likely N-dealkylation sites (tertiary alicyclic amines) is 1. The molecule has 6 heteroatoms. The number of carbonyl (C=O) groups excluding carboxylic acids is 1. The van der Waals surface area contributed by atoms with Crippen molar-refractivity contribution in [3.8, 4) is 0 Å². The van der Waals surface area contributed by atoms with Crippen molar-refractivity contribution in [3.63, 3.8) is 0 Å². The highest BCUT2D eigenvalue weighted by atomic mass is 32.1. The van der Waals surface area contributed by atoms with E-state index in [1.165, 1.54) is 12.6 Å². The summed E-state index contributed by atoms with van der Waals surface area (Å²) in [5.41, 5.74) is 0.436. The lowest BCUT2D eigenvalue weighted by Gasteiger charge is -2.31. The predicted octanol–water partition coefficient (Wildman–Crippen LogP) is 1.14. The van der Waals surface area contributed by atoms with Crippen molar-refractivity contribution in [2.24, 2.45) is 0 Å². The van der Waals surface area contributed by atoms with Gasteiger partial charge in [0.15, 0.2) is 5.69 Å². The molecule has 2 heterocycles. The van der Waals surface area contributed by atoms with E-state index < -0.39 is 0 Å². The summed E-state index contributed by atoms with van der Waals surface area (Å²) in [6.45, 7) is 5.52. The zero-order valence-corrected chi connectivity index (χ0v) is 10.9. The van der Waals surface area contributed by atoms with Crippen LogP contribution in [0.2, 0.25) is 0 Å². The third-order valence-electron chi connectivity index (χ3n) is 3.06. The van der Waals surface area contributed by atoms with E-state index >= 15 is 0 Å². The lowest BCUT2D eigenvalue weighted by molar-refractivity contribution is 0.0907. The Bertz CT molecular complexity index is 346. The third-order valence-corrected chi connectivity index (χ3v) is 3.53. The molecule has 1 N–H and O–H groups in total. The van der Waals surface area contributed by atoms with Gasteiger partial charge in [-0.15, -0.1) is 0 Å². The van der Waals surface area contributed by atoms with E-state index in [9.17, 15) is 4.79 Å². The molecular weight excluding hydrogens is 236 g/mol. The minimum Gasteiger partial charge on any atom is -0.348 e. The monoisotopic (exact) mass is 254 g/mol. The minimum atomic E-state index is -0.0901. The Morgan fingerprint density at radius 1 is 1.59 bits per heavy atom. The standard InChI is InChI=1S/C11H18N4OS/c1-2-5-15-6-3-9(4-7-15)13-11(16)10-8-12-17-14-10/h8-9H,2-7H2,1H3,(H,13,16). The fourth-order valence-corrected chi connectivity index (χ4v) is 2.55. The summed E-state index contributed by atoms with van der Waals surface area (Å²) in [6, 6.07) is 0.289. The molecule has 1 aromatic rings. The van der Waals surface area contributed by atoms with E-state index in [1.807, 2.05) is 0 Å². The molecule has 0 bridgehead atoms. The highest BCUT2D eigenvalue weighted by Gasteiger charge is 2.21. The number of aromatic nitrogens is 2. The van der Waals surface area contributed by atoms with Crippen molar-refractivity contribution < 1.29 is 4.79 Å². The molecule has 0 spiro atoms. The normalized spacial score (nSPS) is 18.2. The van der Waals surface area contributed by atoms with Gasteiger partial charge in [-0.25, -0.2) is 0 Å². The van der Waals surface area contributed by atoms with E-state index in [4.69, 9.17) is 0 Å². The number of amides is 1. The van der Waals surface area contributed by atoms with Crippen LogP contribution in [0.15, 0.2) is 6.20 Å². The molecule has 1 fully saturated rings. The topological polar surface area (TPSA) is 58.1 Å². The van der Waals surface area contributed by atoms with Crippen LogP contribution in [-0.2, 0) is 0 Å². The van der Waals surface area contributed by atoms with Crippen LogP contribution in [0.25, 0.3) is 0 Å². The number of rotatable bonds is 4. The molecule has 1 saturated heterocycles. The first-order valence-corrected chi connectivity index (χ1v) is 6.83. The Kier molecular flexibility index (Phi) is 4.44. The second-order valence-corrected chi connectivity index (χ2v) is 4.94. The third kappa shape index (κ3) is 3.47. The van der Waals surface area contributed by atoms with Crippen LogP contribution in [0.4, 0.5) is 0 Å². The molecule has 0 atom stereocenters. The highest BCUT2D eigenvalue weighted by molar-refractivity contribution is 6.99. The molecule has 1 aliphatic rings. The number of piperidine rings is 1. The van der Waals surface area contributed by atoms with Crippen LogP contribution >= 0.6 is 11.7 Å². The summed E-state index contributed by atoms with van der Waals surface area (Å²) in [7, 11) is 0. The Morgan fingerprint density at radius 3 is 2.94 bits per heavy atom. The fraction of sp³-hybridized carbons (Fsp3) is 0.727. The smallest absolute Gasteiger partial charge is 0.272 e. The zero-order valence-electron chi connectivity index (χ0n) is 10.1. The van der Waals surface area contributed by atoms with Crippen molar-refractivity contribution >= 4 is 17.6 Å². The molecule has 94 valence electrons. The van der Waals surface area contributed by atoms with Crippen LogP contribution < -0.4 is 5.32 Å². The summed E-state index contributed by atoms with van der Waals surface area (Å²) in [5, 5.41) is 3.02. The molecule has 2 rings (SSSR count). The van der Waals surface area contributed by atoms with Gasteiger partial charge >= 0.3 is 0 Å². The van der Waals surface area contributed by atoms with Gasteiger partial charge in [-0.2, -0.15) is 8.75 Å². The van der Waals surface area contributed by atoms with Gasteiger partial charge in [-0.1, -0.05) is 6.92 Å². The lowest BCUT2D eigenvalue weighted by Crippen LogP contribution is -2.44. The summed E-state index contributed by atoms with van der Waals surface area (Å²) in [6.07, 6.45) is 4.78. The van der Waals surface area contributed by atoms with Crippen molar-refractivity contribution in [2.75, 3.05) is 19.6 Å². The van der Waals surface area contributed by atoms with Gasteiger partial charge in [0.05, 0.1) is 17.9 Å². The van der Waals surface area contributed by atoms with Gasteiger partial charge in [0.25, 0.3) is 5.91 Å². The van der Waals surface area contributed by atoms with E-state index in [-0.39, 0.29) is 11.9 Å². The van der Waals surface area contributed by atoms with Crippen LogP contribution in [0.3, 0.4) is 0 Å². The van der Waals surface area contributed by atoms with Crippen LogP contribution in [-0.4, -0.2) is 45.2 Å². The first-order valence-electron chi connectivity index (χ1n) is 6.10. The Hall–Kier alpha value is -1.01. The predicted molar refractivity (Wildman–Crippen MR) is 67.1 cm³/mol. The number of hydrogen-bond donors (Lipinski definition) is 1. The first kappa shape index (κ1) is 12.4. The van der Waals surface area contributed by atoms with Gasteiger partial charge in [0.2, 0.25) is 0 Å². The molecule has 0 aromatic carbocycles. The van der Waals surface area contributed by atoms with Crippen molar-refractivity contribution in [2.45, 2.75) is 32.2 Å². The van der Waals surface area contributed by atoms with Crippen molar-refractivity contribution in [1.29, 1.82) is 0 Å². The first-order chi connectivity index (χ1) is 8.29. The molecule has 0 unspecified atom stereocenters. The van der Waals surface area contributed by atoms with Crippen LogP contribution in [0, 0.1) is 0 Å². The minimum absolute atomic E-state index is 0.0901. The highest BCUT2D eigenvalue weighted by Crippen LogP contribution is 2.11. The van der Waals surface area contributed by atoms with E-state index in [1.54, 1.807) is 0 Å². The molecule has 17 heavy (non-hydrogen) atoms. The fourth-order valence-electron chi connectivity index (χ4n) is 2.14. The maximum absolute atomic E-state index is 11.8. The average molecular weight is 254 g/mol. The largest absolute Gasteiger partial charge is 0.348 e. The lowest BCUT2D eigenvalue weighted by atomic mass is 10.0. The number of carbonyl (C=O) groups is 1. The second-order valence-electron chi connectivity index (χ2n) is 4.38. The molecule has 1 amide bonds. The zero-order chi connectivity index (χ0) is 12.1. The second kappa shape index (κ2) is 6.07. The quantitative estimate of drug-likeness (QED) is 0.875. The van der Waals surface area contributed by atoms with Crippen LogP contribution in [0.1, 0.15) is 36.7 Å². The molecule has 1 aromatic heterocycles. The van der Waals surface area contributed by atoms with Crippen molar-refractivity contribution in [1.82, 2.24) is 19.0 Å². The van der Waals surface area contributed by atoms with Crippen LogP contribution in [0.5, 0.6) is 0 Å². The molecule has 0 radical (unpaired) electrons. The van der Waals surface area contributed by atoms with E-state index in [0.717, 1.165) is 44.2 Å².